The van der Waals surface area contributed by atoms with E-state index in [0.717, 1.165) is 11.3 Å². The second-order valence-electron chi connectivity index (χ2n) is 5.98. The third-order valence-corrected chi connectivity index (χ3v) is 5.30. The van der Waals surface area contributed by atoms with Crippen molar-refractivity contribution >= 4 is 27.3 Å². The van der Waals surface area contributed by atoms with Crippen LogP contribution in [-0.4, -0.2) is 25.1 Å². The van der Waals surface area contributed by atoms with Crippen LogP contribution in [0.4, 0.5) is 11.4 Å². The van der Waals surface area contributed by atoms with E-state index in [1.807, 2.05) is 13.8 Å². The van der Waals surface area contributed by atoms with Crippen LogP contribution in [0.5, 0.6) is 0 Å². The molecule has 3 N–H and O–H groups in total. The first-order valence-electron chi connectivity index (χ1n) is 8.40. The highest BCUT2D eigenvalue weighted by atomic mass is 32.2. The average Bonchev–Trinajstić information content (AvgIpc) is 2.56. The van der Waals surface area contributed by atoms with Crippen molar-refractivity contribution in [3.05, 3.63) is 57.5 Å². The molecule has 8 heteroatoms. The molecule has 26 heavy (non-hydrogen) atoms. The van der Waals surface area contributed by atoms with Crippen molar-refractivity contribution in [2.75, 3.05) is 15.8 Å². The van der Waals surface area contributed by atoms with E-state index < -0.39 is 21.5 Å². The molecular formula is C18H23N3O4S. The van der Waals surface area contributed by atoms with E-state index in [2.05, 4.69) is 15.0 Å². The van der Waals surface area contributed by atoms with Crippen LogP contribution in [0.2, 0.25) is 0 Å². The van der Waals surface area contributed by atoms with Crippen molar-refractivity contribution in [3.8, 4) is 0 Å². The van der Waals surface area contributed by atoms with Gasteiger partial charge in [-0.1, -0.05) is 19.9 Å². The third-order valence-electron chi connectivity index (χ3n) is 3.81. The number of aromatic amines is 1. The number of benzene rings is 1. The Morgan fingerprint density at radius 2 is 1.85 bits per heavy atom. The number of hydrogen-bond acceptors (Lipinski definition) is 4. The van der Waals surface area contributed by atoms with Crippen molar-refractivity contribution in [1.82, 2.24) is 4.98 Å². The molecular weight excluding hydrogens is 354 g/mol. The van der Waals surface area contributed by atoms with E-state index in [-0.39, 0.29) is 11.3 Å². The summed E-state index contributed by atoms with van der Waals surface area (Å²) in [4.78, 5) is 27.2. The predicted molar refractivity (Wildman–Crippen MR) is 103 cm³/mol. The van der Waals surface area contributed by atoms with Gasteiger partial charge < -0.3 is 10.3 Å². The van der Waals surface area contributed by atoms with Gasteiger partial charge in [-0.05, 0) is 49.6 Å². The zero-order chi connectivity index (χ0) is 19.3. The summed E-state index contributed by atoms with van der Waals surface area (Å²) >= 11 is 0. The van der Waals surface area contributed by atoms with Crippen molar-refractivity contribution < 1.29 is 13.2 Å². The van der Waals surface area contributed by atoms with Gasteiger partial charge in [0.05, 0.1) is 11.4 Å². The highest BCUT2D eigenvalue weighted by molar-refractivity contribution is 7.92. The molecule has 0 aliphatic carbocycles. The van der Waals surface area contributed by atoms with E-state index in [9.17, 15) is 18.0 Å². The van der Waals surface area contributed by atoms with E-state index in [0.29, 0.717) is 24.2 Å². The largest absolute Gasteiger partial charge is 0.325 e. The molecule has 2 aromatic rings. The smallest absolute Gasteiger partial charge is 0.261 e. The fraction of sp³-hybridized carbons (Fsp3) is 0.333. The molecule has 2 rings (SSSR count). The van der Waals surface area contributed by atoms with Gasteiger partial charge in [-0.15, -0.1) is 0 Å². The van der Waals surface area contributed by atoms with Crippen LogP contribution in [0, 0.1) is 6.92 Å². The molecule has 0 aliphatic heterocycles. The Morgan fingerprint density at radius 3 is 2.50 bits per heavy atom. The molecule has 1 heterocycles. The van der Waals surface area contributed by atoms with Gasteiger partial charge in [0.1, 0.15) is 5.56 Å². The first-order valence-corrected chi connectivity index (χ1v) is 10.1. The predicted octanol–water partition coefficient (Wildman–Crippen LogP) is 2.65. The first-order chi connectivity index (χ1) is 12.3. The normalized spacial score (nSPS) is 11.2. The molecule has 7 nitrogen and oxygen atoms in total. The first kappa shape index (κ1) is 19.7. The van der Waals surface area contributed by atoms with Gasteiger partial charge in [-0.2, -0.15) is 0 Å². The van der Waals surface area contributed by atoms with Gasteiger partial charge in [0.25, 0.3) is 11.5 Å². The van der Waals surface area contributed by atoms with Gasteiger partial charge in [-0.3, -0.25) is 14.3 Å². The van der Waals surface area contributed by atoms with Crippen molar-refractivity contribution in [2.24, 2.45) is 0 Å². The van der Waals surface area contributed by atoms with Crippen LogP contribution in [0.3, 0.4) is 0 Å². The summed E-state index contributed by atoms with van der Waals surface area (Å²) in [6, 6.07) is 7.90. The number of carbonyl (C=O) groups excluding carboxylic acids is 1. The lowest BCUT2D eigenvalue weighted by atomic mass is 10.1. The number of nitrogens with one attached hydrogen (secondary N) is 3. The maximum absolute atomic E-state index is 12.4. The zero-order valence-corrected chi connectivity index (χ0v) is 15.9. The number of anilines is 2. The average molecular weight is 377 g/mol. The van der Waals surface area contributed by atoms with Crippen molar-refractivity contribution in [2.45, 2.75) is 33.6 Å². The molecule has 1 aromatic heterocycles. The van der Waals surface area contributed by atoms with Gasteiger partial charge in [-0.25, -0.2) is 8.42 Å². The molecule has 140 valence electrons. The Bertz CT molecular complexity index is 965. The molecule has 0 aliphatic rings. The number of H-pyrrole nitrogens is 1. The lowest BCUT2D eigenvalue weighted by Crippen LogP contribution is -2.24. The Labute approximate surface area is 152 Å². The van der Waals surface area contributed by atoms with E-state index in [1.165, 1.54) is 6.07 Å². The SMILES string of the molecule is CCCS(=O)(=O)Nc1cccc(NC(=O)c2cc(C)c(CC)[nH]c2=O)c1. The minimum Gasteiger partial charge on any atom is -0.325 e. The fourth-order valence-electron chi connectivity index (χ4n) is 2.57. The van der Waals surface area contributed by atoms with Crippen LogP contribution in [0.1, 0.15) is 41.9 Å². The number of rotatable bonds is 7. The lowest BCUT2D eigenvalue weighted by molar-refractivity contribution is 0.102. The van der Waals surface area contributed by atoms with Crippen LogP contribution >= 0.6 is 0 Å². The summed E-state index contributed by atoms with van der Waals surface area (Å²) in [5.74, 6) is -0.535. The van der Waals surface area contributed by atoms with Crippen molar-refractivity contribution in [1.29, 1.82) is 0 Å². The Morgan fingerprint density at radius 1 is 1.15 bits per heavy atom. The summed E-state index contributed by atoms with van der Waals surface area (Å²) in [6.07, 6.45) is 1.17. The highest BCUT2D eigenvalue weighted by Crippen LogP contribution is 2.17. The number of carbonyl (C=O) groups is 1. The maximum Gasteiger partial charge on any atom is 0.261 e. The second-order valence-corrected chi connectivity index (χ2v) is 7.82. The molecule has 0 fully saturated rings. The molecule has 0 saturated heterocycles. The fourth-order valence-corrected chi connectivity index (χ4v) is 3.69. The maximum atomic E-state index is 12.4. The minimum atomic E-state index is -3.42. The number of sulfonamides is 1. The number of pyridine rings is 1. The third kappa shape index (κ3) is 4.95. The highest BCUT2D eigenvalue weighted by Gasteiger charge is 2.14. The molecule has 0 radical (unpaired) electrons. The number of aryl methyl sites for hydroxylation is 2. The van der Waals surface area contributed by atoms with Crippen LogP contribution in [-0.2, 0) is 16.4 Å². The molecule has 0 saturated carbocycles. The lowest BCUT2D eigenvalue weighted by Gasteiger charge is -2.10. The van der Waals surface area contributed by atoms with Gasteiger partial charge in [0.2, 0.25) is 10.0 Å². The molecule has 0 unspecified atom stereocenters. The Kier molecular flexibility index (Phi) is 6.20. The summed E-state index contributed by atoms with van der Waals surface area (Å²) in [5.41, 5.74) is 1.92. The molecule has 0 bridgehead atoms. The van der Waals surface area contributed by atoms with Crippen molar-refractivity contribution in [3.63, 3.8) is 0 Å². The number of amides is 1. The van der Waals surface area contributed by atoms with E-state index in [4.69, 9.17) is 0 Å². The van der Waals surface area contributed by atoms with Gasteiger partial charge in [0, 0.05) is 11.4 Å². The standard InChI is InChI=1S/C18H23N3O4S/c1-4-9-26(24,25)21-14-8-6-7-13(11-14)19-17(22)15-10-12(3)16(5-2)20-18(15)23/h6-8,10-11,21H,4-5,9H2,1-3H3,(H,19,22)(H,20,23). The second kappa shape index (κ2) is 8.18. The Balaban J connectivity index is 2.21. The van der Waals surface area contributed by atoms with Gasteiger partial charge >= 0.3 is 0 Å². The van der Waals surface area contributed by atoms with Gasteiger partial charge in [0.15, 0.2) is 0 Å². The summed E-state index contributed by atoms with van der Waals surface area (Å²) in [6.45, 7) is 5.52. The summed E-state index contributed by atoms with van der Waals surface area (Å²) in [7, 11) is -3.42. The monoisotopic (exact) mass is 377 g/mol. The molecule has 1 aromatic carbocycles. The van der Waals surface area contributed by atoms with Crippen LogP contribution < -0.4 is 15.6 Å². The minimum absolute atomic E-state index is 0.0108. The topological polar surface area (TPSA) is 108 Å². The molecule has 0 atom stereocenters. The van der Waals surface area contributed by atoms with Crippen LogP contribution in [0.25, 0.3) is 0 Å². The Hall–Kier alpha value is -2.61. The number of aromatic nitrogens is 1. The molecule has 0 spiro atoms. The van der Waals surface area contributed by atoms with E-state index >= 15 is 0 Å². The zero-order valence-electron chi connectivity index (χ0n) is 15.0. The quantitative estimate of drug-likeness (QED) is 0.689. The molecule has 1 amide bonds. The van der Waals surface area contributed by atoms with Crippen LogP contribution in [0.15, 0.2) is 35.1 Å². The summed E-state index contributed by atoms with van der Waals surface area (Å²) in [5, 5.41) is 2.63. The van der Waals surface area contributed by atoms with E-state index in [1.54, 1.807) is 31.2 Å². The summed E-state index contributed by atoms with van der Waals surface area (Å²) < 4.78 is 26.2. The number of hydrogen-bond donors (Lipinski definition) is 3.